The molecule has 0 bridgehead atoms. The van der Waals surface area contributed by atoms with Gasteiger partial charge in [0.15, 0.2) is 0 Å². The summed E-state index contributed by atoms with van der Waals surface area (Å²) in [6.45, 7) is 1.32. The summed E-state index contributed by atoms with van der Waals surface area (Å²) in [6, 6.07) is 12.9. The average Bonchev–Trinajstić information content (AvgIpc) is 2.68. The molecule has 0 unspecified atom stereocenters. The molecule has 1 aliphatic rings. The molecule has 138 valence electrons. The molecule has 0 aliphatic carbocycles. The van der Waals surface area contributed by atoms with E-state index < -0.39 is 16.0 Å². The molecule has 0 aromatic heterocycles. The van der Waals surface area contributed by atoms with Gasteiger partial charge >= 0.3 is 5.97 Å². The number of nitrogens with zero attached hydrogens (tertiary/aromatic N) is 1. The van der Waals surface area contributed by atoms with Gasteiger partial charge in [0.1, 0.15) is 6.61 Å². The van der Waals surface area contributed by atoms with Crippen molar-refractivity contribution in [3.8, 4) is 0 Å². The molecule has 26 heavy (non-hydrogen) atoms. The number of ether oxygens (including phenoxy) is 2. The minimum Gasteiger partial charge on any atom is -0.457 e. The number of hydrogen-bond acceptors (Lipinski definition) is 5. The number of morpholine rings is 1. The number of carbonyl (C=O) groups excluding carboxylic acids is 1. The van der Waals surface area contributed by atoms with Crippen LogP contribution in [-0.4, -0.2) is 45.0 Å². The van der Waals surface area contributed by atoms with Crippen molar-refractivity contribution in [3.05, 3.63) is 64.7 Å². The predicted octanol–water partition coefficient (Wildman–Crippen LogP) is 2.72. The molecule has 2 aromatic rings. The van der Waals surface area contributed by atoms with Crippen molar-refractivity contribution in [2.45, 2.75) is 11.5 Å². The van der Waals surface area contributed by atoms with Gasteiger partial charge in [-0.05, 0) is 24.3 Å². The fraction of sp³-hybridized carbons (Fsp3) is 0.278. The Hall–Kier alpha value is -1.93. The normalized spacial score (nSPS) is 15.6. The number of benzene rings is 2. The Morgan fingerprint density at radius 2 is 1.85 bits per heavy atom. The Labute approximate surface area is 157 Å². The van der Waals surface area contributed by atoms with E-state index in [0.29, 0.717) is 36.9 Å². The Bertz CT molecular complexity index is 894. The van der Waals surface area contributed by atoms with Crippen LogP contribution in [0.15, 0.2) is 53.4 Å². The Balaban J connectivity index is 1.74. The van der Waals surface area contributed by atoms with Gasteiger partial charge in [-0.1, -0.05) is 35.9 Å². The summed E-state index contributed by atoms with van der Waals surface area (Å²) in [5, 5.41) is 0.504. The van der Waals surface area contributed by atoms with Gasteiger partial charge in [0.2, 0.25) is 10.0 Å². The summed E-state index contributed by atoms with van der Waals surface area (Å²) in [5.74, 6) is -0.607. The summed E-state index contributed by atoms with van der Waals surface area (Å²) in [4.78, 5) is 12.4. The van der Waals surface area contributed by atoms with Gasteiger partial charge in [0, 0.05) is 23.7 Å². The first-order chi connectivity index (χ1) is 12.5. The number of sulfonamides is 1. The van der Waals surface area contributed by atoms with Crippen molar-refractivity contribution in [1.82, 2.24) is 4.31 Å². The first-order valence-electron chi connectivity index (χ1n) is 8.07. The maximum Gasteiger partial charge on any atom is 0.338 e. The Kier molecular flexibility index (Phi) is 5.93. The largest absolute Gasteiger partial charge is 0.457 e. The summed E-state index contributed by atoms with van der Waals surface area (Å²) >= 11 is 6.04. The highest BCUT2D eigenvalue weighted by Gasteiger charge is 2.27. The molecule has 1 aliphatic heterocycles. The fourth-order valence-electron chi connectivity index (χ4n) is 2.56. The van der Waals surface area contributed by atoms with Crippen molar-refractivity contribution in [3.63, 3.8) is 0 Å². The van der Waals surface area contributed by atoms with Crippen molar-refractivity contribution < 1.29 is 22.7 Å². The summed E-state index contributed by atoms with van der Waals surface area (Å²) in [6.07, 6.45) is 0. The number of esters is 1. The zero-order valence-electron chi connectivity index (χ0n) is 13.9. The molecule has 0 atom stereocenters. The molecule has 8 heteroatoms. The molecular weight excluding hydrogens is 378 g/mol. The maximum atomic E-state index is 12.7. The molecule has 0 spiro atoms. The van der Waals surface area contributed by atoms with E-state index in [1.165, 1.54) is 28.6 Å². The van der Waals surface area contributed by atoms with E-state index in [0.717, 1.165) is 0 Å². The van der Waals surface area contributed by atoms with Gasteiger partial charge in [0.05, 0.1) is 23.7 Å². The van der Waals surface area contributed by atoms with E-state index in [1.807, 2.05) is 0 Å². The highest BCUT2D eigenvalue weighted by Crippen LogP contribution is 2.20. The second-order valence-electron chi connectivity index (χ2n) is 5.71. The zero-order valence-corrected chi connectivity index (χ0v) is 15.5. The molecular formula is C18H18ClNO5S. The average molecular weight is 396 g/mol. The van der Waals surface area contributed by atoms with Crippen LogP contribution in [0, 0.1) is 0 Å². The first kappa shape index (κ1) is 18.8. The second-order valence-corrected chi connectivity index (χ2v) is 8.06. The summed E-state index contributed by atoms with van der Waals surface area (Å²) < 4.78 is 37.2. The second kappa shape index (κ2) is 8.18. The van der Waals surface area contributed by atoms with E-state index >= 15 is 0 Å². The molecule has 0 amide bonds. The van der Waals surface area contributed by atoms with Crippen LogP contribution < -0.4 is 0 Å². The Morgan fingerprint density at radius 1 is 1.12 bits per heavy atom. The van der Waals surface area contributed by atoms with Crippen LogP contribution in [0.3, 0.4) is 0 Å². The molecule has 0 radical (unpaired) electrons. The number of halogens is 1. The van der Waals surface area contributed by atoms with Gasteiger partial charge < -0.3 is 9.47 Å². The third-order valence-electron chi connectivity index (χ3n) is 3.99. The predicted molar refractivity (Wildman–Crippen MR) is 96.6 cm³/mol. The van der Waals surface area contributed by atoms with E-state index in [1.54, 1.807) is 24.3 Å². The molecule has 1 saturated heterocycles. The number of hydrogen-bond donors (Lipinski definition) is 0. The van der Waals surface area contributed by atoms with Gasteiger partial charge in [0.25, 0.3) is 0 Å². The van der Waals surface area contributed by atoms with E-state index in [-0.39, 0.29) is 17.1 Å². The minimum absolute atomic E-state index is 0.0128. The Morgan fingerprint density at radius 3 is 2.58 bits per heavy atom. The molecule has 1 heterocycles. The summed E-state index contributed by atoms with van der Waals surface area (Å²) in [5.41, 5.74) is 0.853. The molecule has 2 aromatic carbocycles. The zero-order chi connectivity index (χ0) is 18.6. The van der Waals surface area contributed by atoms with Crippen molar-refractivity contribution >= 4 is 27.6 Å². The van der Waals surface area contributed by atoms with Crippen LogP contribution in [-0.2, 0) is 26.1 Å². The number of rotatable bonds is 5. The van der Waals surface area contributed by atoms with Gasteiger partial charge in [-0.3, -0.25) is 0 Å². The topological polar surface area (TPSA) is 72.9 Å². The van der Waals surface area contributed by atoms with E-state index in [2.05, 4.69) is 0 Å². The highest BCUT2D eigenvalue weighted by atomic mass is 35.5. The molecule has 3 rings (SSSR count). The minimum atomic E-state index is -3.67. The van der Waals surface area contributed by atoms with Gasteiger partial charge in [-0.15, -0.1) is 0 Å². The van der Waals surface area contributed by atoms with Crippen LogP contribution in [0.5, 0.6) is 0 Å². The quantitative estimate of drug-likeness (QED) is 0.728. The summed E-state index contributed by atoms with van der Waals surface area (Å²) in [7, 11) is -3.67. The van der Waals surface area contributed by atoms with Crippen LogP contribution in [0.4, 0.5) is 0 Å². The number of carbonyl (C=O) groups is 1. The maximum absolute atomic E-state index is 12.7. The van der Waals surface area contributed by atoms with Gasteiger partial charge in [-0.25, -0.2) is 13.2 Å². The lowest BCUT2D eigenvalue weighted by molar-refractivity contribution is 0.0472. The third kappa shape index (κ3) is 4.24. The molecule has 6 nitrogen and oxygen atoms in total. The van der Waals surface area contributed by atoms with E-state index in [9.17, 15) is 13.2 Å². The smallest absolute Gasteiger partial charge is 0.338 e. The standard InChI is InChI=1S/C18H18ClNO5S/c19-17-7-2-1-4-15(17)13-25-18(21)14-5-3-6-16(12-14)26(22,23)20-8-10-24-11-9-20/h1-7,12H,8-11,13H2. The third-order valence-corrected chi connectivity index (χ3v) is 6.26. The molecule has 0 N–H and O–H groups in total. The van der Waals surface area contributed by atoms with E-state index in [4.69, 9.17) is 21.1 Å². The van der Waals surface area contributed by atoms with Crippen molar-refractivity contribution in [1.29, 1.82) is 0 Å². The highest BCUT2D eigenvalue weighted by molar-refractivity contribution is 7.89. The lowest BCUT2D eigenvalue weighted by Gasteiger charge is -2.26. The van der Waals surface area contributed by atoms with Crippen LogP contribution >= 0.6 is 11.6 Å². The lowest BCUT2D eigenvalue weighted by Crippen LogP contribution is -2.40. The van der Waals surface area contributed by atoms with Crippen molar-refractivity contribution in [2.75, 3.05) is 26.3 Å². The SMILES string of the molecule is O=C(OCc1ccccc1Cl)c1cccc(S(=O)(=O)N2CCOCC2)c1. The first-order valence-corrected chi connectivity index (χ1v) is 9.89. The van der Waals surface area contributed by atoms with Gasteiger partial charge in [-0.2, -0.15) is 4.31 Å². The van der Waals surface area contributed by atoms with Crippen LogP contribution in [0.1, 0.15) is 15.9 Å². The van der Waals surface area contributed by atoms with Crippen molar-refractivity contribution in [2.24, 2.45) is 0 Å². The molecule has 0 saturated carbocycles. The molecule has 1 fully saturated rings. The van der Waals surface area contributed by atoms with Crippen LogP contribution in [0.25, 0.3) is 0 Å². The fourth-order valence-corrected chi connectivity index (χ4v) is 4.21. The van der Waals surface area contributed by atoms with Crippen LogP contribution in [0.2, 0.25) is 5.02 Å². The lowest BCUT2D eigenvalue weighted by atomic mass is 10.2. The monoisotopic (exact) mass is 395 g/mol.